The van der Waals surface area contributed by atoms with Crippen molar-refractivity contribution in [3.63, 3.8) is 0 Å². The number of nitrogens with one attached hydrogen (secondary N) is 1. The molecule has 2 aromatic carbocycles. The molecule has 0 bridgehead atoms. The number of sulfonamides is 1. The predicted octanol–water partition coefficient (Wildman–Crippen LogP) is 3.49. The zero-order valence-electron chi connectivity index (χ0n) is 14.8. The third-order valence-electron chi connectivity index (χ3n) is 4.79. The van der Waals surface area contributed by atoms with Gasteiger partial charge in [0.05, 0.1) is 34.4 Å². The number of carboxylic acid groups (broad SMARTS) is 1. The van der Waals surface area contributed by atoms with Crippen molar-refractivity contribution in [2.24, 2.45) is 0 Å². The molecular formula is C19H18ClNO6S. The summed E-state index contributed by atoms with van der Waals surface area (Å²) in [5, 5.41) is 9.50. The van der Waals surface area contributed by atoms with Crippen LogP contribution in [-0.2, 0) is 22.9 Å². The van der Waals surface area contributed by atoms with Crippen LogP contribution in [0.25, 0.3) is 0 Å². The number of aryl methyl sites for hydroxylation is 1. The summed E-state index contributed by atoms with van der Waals surface area (Å²) in [4.78, 5) is 11.4. The number of carboxylic acids is 1. The highest BCUT2D eigenvalue weighted by molar-refractivity contribution is 7.92. The van der Waals surface area contributed by atoms with Crippen LogP contribution in [0.3, 0.4) is 0 Å². The van der Waals surface area contributed by atoms with Crippen LogP contribution in [0.1, 0.15) is 34.3 Å². The van der Waals surface area contributed by atoms with E-state index in [-0.39, 0.29) is 21.2 Å². The van der Waals surface area contributed by atoms with Crippen LogP contribution >= 0.6 is 11.6 Å². The number of hydrogen-bond donors (Lipinski definition) is 2. The molecule has 2 aromatic rings. The normalized spacial score (nSPS) is 15.6. The first-order valence-electron chi connectivity index (χ1n) is 8.86. The van der Waals surface area contributed by atoms with E-state index in [2.05, 4.69) is 4.72 Å². The van der Waals surface area contributed by atoms with Crippen molar-refractivity contribution in [1.82, 2.24) is 0 Å². The molecule has 7 nitrogen and oxygen atoms in total. The Morgan fingerprint density at radius 1 is 1.04 bits per heavy atom. The van der Waals surface area contributed by atoms with Gasteiger partial charge in [0, 0.05) is 18.6 Å². The maximum atomic E-state index is 13.1. The third-order valence-corrected chi connectivity index (χ3v) is 6.54. The second kappa shape index (κ2) is 7.18. The molecule has 0 spiro atoms. The summed E-state index contributed by atoms with van der Waals surface area (Å²) in [5.41, 5.74) is 1.51. The van der Waals surface area contributed by atoms with E-state index in [0.717, 1.165) is 12.0 Å². The van der Waals surface area contributed by atoms with Crippen molar-refractivity contribution in [3.8, 4) is 11.5 Å². The van der Waals surface area contributed by atoms with Crippen LogP contribution in [0.5, 0.6) is 11.5 Å². The molecule has 0 saturated heterocycles. The smallest absolute Gasteiger partial charge is 0.335 e. The lowest BCUT2D eigenvalue weighted by Gasteiger charge is -2.16. The second-order valence-electron chi connectivity index (χ2n) is 6.71. The first-order chi connectivity index (χ1) is 13.3. The molecule has 9 heteroatoms. The average molecular weight is 424 g/mol. The third kappa shape index (κ3) is 3.49. The number of benzene rings is 2. The fourth-order valence-electron chi connectivity index (χ4n) is 3.49. The summed E-state index contributed by atoms with van der Waals surface area (Å²) in [7, 11) is -4.05. The minimum absolute atomic E-state index is 0.0249. The molecule has 1 heterocycles. The fourth-order valence-corrected chi connectivity index (χ4v) is 5.16. The first-order valence-corrected chi connectivity index (χ1v) is 10.7. The highest BCUT2D eigenvalue weighted by Crippen LogP contribution is 2.39. The Balaban J connectivity index is 1.75. The van der Waals surface area contributed by atoms with Crippen molar-refractivity contribution < 1.29 is 27.8 Å². The van der Waals surface area contributed by atoms with Crippen molar-refractivity contribution in [1.29, 1.82) is 0 Å². The number of halogens is 1. The van der Waals surface area contributed by atoms with Crippen LogP contribution in [0.15, 0.2) is 29.2 Å². The van der Waals surface area contributed by atoms with Crippen molar-refractivity contribution >= 4 is 33.3 Å². The Kier molecular flexibility index (Phi) is 4.84. The quantitative estimate of drug-likeness (QED) is 0.780. The number of anilines is 1. The number of aromatic carboxylic acids is 1. The van der Waals surface area contributed by atoms with Crippen molar-refractivity contribution in [3.05, 3.63) is 46.0 Å². The largest absolute Gasteiger partial charge is 0.490 e. The van der Waals surface area contributed by atoms with Gasteiger partial charge in [-0.05, 0) is 42.5 Å². The Bertz CT molecular complexity index is 1070. The van der Waals surface area contributed by atoms with Gasteiger partial charge in [0.15, 0.2) is 11.5 Å². The van der Waals surface area contributed by atoms with Gasteiger partial charge in [0.2, 0.25) is 0 Å². The molecule has 0 unspecified atom stereocenters. The van der Waals surface area contributed by atoms with Crippen molar-refractivity contribution in [2.45, 2.75) is 30.6 Å². The minimum Gasteiger partial charge on any atom is -0.490 e. The molecule has 148 valence electrons. The highest BCUT2D eigenvalue weighted by Gasteiger charge is 2.27. The maximum absolute atomic E-state index is 13.1. The van der Waals surface area contributed by atoms with Crippen LogP contribution in [-0.4, -0.2) is 32.7 Å². The van der Waals surface area contributed by atoms with E-state index in [9.17, 15) is 18.3 Å². The Morgan fingerprint density at radius 2 is 1.75 bits per heavy atom. The lowest BCUT2D eigenvalue weighted by atomic mass is 10.1. The Morgan fingerprint density at radius 3 is 2.46 bits per heavy atom. The van der Waals surface area contributed by atoms with Gasteiger partial charge < -0.3 is 14.6 Å². The van der Waals surface area contributed by atoms with Crippen LogP contribution in [0.4, 0.5) is 5.69 Å². The Hall–Kier alpha value is -2.45. The number of ether oxygens (including phenoxy) is 2. The van der Waals surface area contributed by atoms with E-state index in [4.69, 9.17) is 21.1 Å². The summed E-state index contributed by atoms with van der Waals surface area (Å²) in [6.45, 7) is 0.942. The summed E-state index contributed by atoms with van der Waals surface area (Å²) in [6.07, 6.45) is 2.73. The SMILES string of the molecule is O=C(O)c1cc2c(c(S(=O)(=O)Nc3cc4c(cc3Cl)OCCCO4)c1)CCC2. The van der Waals surface area contributed by atoms with E-state index in [1.165, 1.54) is 18.2 Å². The van der Waals surface area contributed by atoms with Gasteiger partial charge in [-0.3, -0.25) is 4.72 Å². The molecule has 0 saturated carbocycles. The zero-order valence-corrected chi connectivity index (χ0v) is 16.4. The average Bonchev–Trinajstić information content (AvgIpc) is 3.00. The molecule has 1 aliphatic heterocycles. The maximum Gasteiger partial charge on any atom is 0.335 e. The summed E-state index contributed by atoms with van der Waals surface area (Å²) in [5.74, 6) is -0.303. The zero-order chi connectivity index (χ0) is 19.9. The highest BCUT2D eigenvalue weighted by atomic mass is 35.5. The summed E-state index contributed by atoms with van der Waals surface area (Å²) in [6, 6.07) is 5.75. The molecule has 0 atom stereocenters. The number of carbonyl (C=O) groups is 1. The second-order valence-corrected chi connectivity index (χ2v) is 8.76. The van der Waals surface area contributed by atoms with Gasteiger partial charge in [-0.2, -0.15) is 0 Å². The Labute approximate surface area is 167 Å². The van der Waals surface area contributed by atoms with Gasteiger partial charge in [0.1, 0.15) is 0 Å². The van der Waals surface area contributed by atoms with Crippen molar-refractivity contribution in [2.75, 3.05) is 17.9 Å². The van der Waals surface area contributed by atoms with Crippen LogP contribution in [0, 0.1) is 0 Å². The van der Waals surface area contributed by atoms with Crippen LogP contribution in [0.2, 0.25) is 5.02 Å². The van der Waals surface area contributed by atoms with Crippen LogP contribution < -0.4 is 14.2 Å². The van der Waals surface area contributed by atoms with E-state index >= 15 is 0 Å². The molecule has 2 N–H and O–H groups in total. The van der Waals surface area contributed by atoms with E-state index in [0.29, 0.717) is 49.5 Å². The van der Waals surface area contributed by atoms with Gasteiger partial charge in [0.25, 0.3) is 10.0 Å². The number of rotatable bonds is 4. The van der Waals surface area contributed by atoms with Gasteiger partial charge in [-0.15, -0.1) is 0 Å². The lowest BCUT2D eigenvalue weighted by molar-refractivity contribution is 0.0696. The fraction of sp³-hybridized carbons (Fsp3) is 0.316. The van der Waals surface area contributed by atoms with Gasteiger partial charge in [-0.1, -0.05) is 11.6 Å². The number of fused-ring (bicyclic) bond motifs is 2. The molecule has 4 rings (SSSR count). The van der Waals surface area contributed by atoms with E-state index in [1.807, 2.05) is 0 Å². The monoisotopic (exact) mass is 423 g/mol. The minimum atomic E-state index is -4.05. The molecule has 28 heavy (non-hydrogen) atoms. The molecule has 0 fully saturated rings. The predicted molar refractivity (Wildman–Crippen MR) is 103 cm³/mol. The first kappa shape index (κ1) is 18.9. The molecule has 1 aliphatic carbocycles. The van der Waals surface area contributed by atoms with E-state index in [1.54, 1.807) is 6.07 Å². The molecule has 0 radical (unpaired) electrons. The molecule has 0 aromatic heterocycles. The van der Waals surface area contributed by atoms with Gasteiger partial charge in [-0.25, -0.2) is 13.2 Å². The molecular weight excluding hydrogens is 406 g/mol. The summed E-state index contributed by atoms with van der Waals surface area (Å²) < 4.78 is 39.8. The summed E-state index contributed by atoms with van der Waals surface area (Å²) >= 11 is 6.25. The van der Waals surface area contributed by atoms with E-state index < -0.39 is 16.0 Å². The number of hydrogen-bond acceptors (Lipinski definition) is 5. The molecule has 2 aliphatic rings. The molecule has 0 amide bonds. The topological polar surface area (TPSA) is 102 Å². The lowest BCUT2D eigenvalue weighted by Crippen LogP contribution is -2.16. The standard InChI is InChI=1S/C19H18ClNO6S/c20-14-9-16-17(27-6-2-5-26-16)10-15(14)21-28(24,25)18-8-12(19(22)23)7-11-3-1-4-13(11)18/h7-10,21H,1-6H2,(H,22,23). The van der Waals surface area contributed by atoms with Gasteiger partial charge >= 0.3 is 5.97 Å².